The van der Waals surface area contributed by atoms with E-state index in [-0.39, 0.29) is 5.56 Å². The Morgan fingerprint density at radius 3 is 2.14 bits per heavy atom. The van der Waals surface area contributed by atoms with Crippen LogP contribution in [0.3, 0.4) is 0 Å². The topological polar surface area (TPSA) is 21.3 Å². The van der Waals surface area contributed by atoms with Gasteiger partial charge in [-0.3, -0.25) is 0 Å². The van der Waals surface area contributed by atoms with Gasteiger partial charge in [0, 0.05) is 6.54 Å². The Morgan fingerprint density at radius 1 is 1.05 bits per heavy atom. The molecule has 0 aliphatic rings. The van der Waals surface area contributed by atoms with Gasteiger partial charge in [0.05, 0.1) is 6.61 Å². The van der Waals surface area contributed by atoms with E-state index in [1.165, 1.54) is 12.1 Å². The molecule has 0 saturated carbocycles. The van der Waals surface area contributed by atoms with Gasteiger partial charge in [0.2, 0.25) is 6.10 Å². The van der Waals surface area contributed by atoms with Crippen LogP contribution in [0.4, 0.5) is 26.3 Å². The van der Waals surface area contributed by atoms with Gasteiger partial charge in [-0.15, -0.1) is 0 Å². The average molecular weight is 315 g/mol. The zero-order chi connectivity index (χ0) is 16.1. The Balaban J connectivity index is 2.72. The summed E-state index contributed by atoms with van der Waals surface area (Å²) in [6.45, 7) is 2.30. The van der Waals surface area contributed by atoms with E-state index in [1.54, 1.807) is 12.1 Å². The SMILES string of the molecule is CCNCc1cccc(COC(C(F)(F)F)C(F)(F)F)c1. The predicted octanol–water partition coefficient (Wildman–Crippen LogP) is 3.81. The fraction of sp³-hybridized carbons (Fsp3) is 0.538. The fourth-order valence-corrected chi connectivity index (χ4v) is 1.65. The van der Waals surface area contributed by atoms with Crippen LogP contribution in [-0.2, 0) is 17.9 Å². The van der Waals surface area contributed by atoms with E-state index in [2.05, 4.69) is 10.1 Å². The van der Waals surface area contributed by atoms with Crippen molar-refractivity contribution in [1.29, 1.82) is 0 Å². The van der Waals surface area contributed by atoms with Crippen molar-refractivity contribution < 1.29 is 31.1 Å². The van der Waals surface area contributed by atoms with Gasteiger partial charge in [0.1, 0.15) is 0 Å². The van der Waals surface area contributed by atoms with Crippen LogP contribution in [0, 0.1) is 0 Å². The molecule has 0 amide bonds. The monoisotopic (exact) mass is 315 g/mol. The maximum atomic E-state index is 12.3. The molecular formula is C13H15F6NO. The van der Waals surface area contributed by atoms with Crippen molar-refractivity contribution in [2.45, 2.75) is 38.5 Å². The summed E-state index contributed by atoms with van der Waals surface area (Å²) in [5.74, 6) is 0. The molecule has 0 spiro atoms. The number of rotatable bonds is 6. The number of benzene rings is 1. The van der Waals surface area contributed by atoms with Gasteiger partial charge in [-0.25, -0.2) is 0 Å². The lowest BCUT2D eigenvalue weighted by molar-refractivity contribution is -0.324. The highest BCUT2D eigenvalue weighted by Crippen LogP contribution is 2.36. The molecule has 1 rings (SSSR count). The second-order valence-corrected chi connectivity index (χ2v) is 4.37. The number of hydrogen-bond donors (Lipinski definition) is 1. The summed E-state index contributed by atoms with van der Waals surface area (Å²) in [4.78, 5) is 0. The van der Waals surface area contributed by atoms with Crippen LogP contribution in [0.1, 0.15) is 18.1 Å². The second kappa shape index (κ2) is 7.13. The smallest absolute Gasteiger partial charge is 0.356 e. The Bertz CT molecular complexity index is 429. The maximum Gasteiger partial charge on any atom is 0.423 e. The van der Waals surface area contributed by atoms with Crippen LogP contribution < -0.4 is 5.32 Å². The fourth-order valence-electron chi connectivity index (χ4n) is 1.65. The van der Waals surface area contributed by atoms with Crippen LogP contribution in [0.25, 0.3) is 0 Å². The molecule has 0 heterocycles. The number of ether oxygens (including phenoxy) is 1. The van der Waals surface area contributed by atoms with Crippen LogP contribution >= 0.6 is 0 Å². The highest BCUT2D eigenvalue weighted by atomic mass is 19.4. The van der Waals surface area contributed by atoms with E-state index >= 15 is 0 Å². The Labute approximate surface area is 118 Å². The predicted molar refractivity (Wildman–Crippen MR) is 64.5 cm³/mol. The molecule has 0 aliphatic carbocycles. The molecule has 0 radical (unpaired) electrons. The van der Waals surface area contributed by atoms with Gasteiger partial charge in [0.25, 0.3) is 0 Å². The highest BCUT2D eigenvalue weighted by Gasteiger charge is 2.57. The molecule has 1 aromatic carbocycles. The minimum Gasteiger partial charge on any atom is -0.356 e. The van der Waals surface area contributed by atoms with E-state index in [4.69, 9.17) is 0 Å². The molecule has 0 saturated heterocycles. The largest absolute Gasteiger partial charge is 0.423 e. The Morgan fingerprint density at radius 2 is 1.62 bits per heavy atom. The summed E-state index contributed by atoms with van der Waals surface area (Å²) in [5.41, 5.74) is 1.01. The Hall–Kier alpha value is -1.28. The molecule has 0 fully saturated rings. The van der Waals surface area contributed by atoms with E-state index in [0.29, 0.717) is 13.1 Å². The Kier molecular flexibility index (Phi) is 6.03. The molecule has 0 bridgehead atoms. The highest BCUT2D eigenvalue weighted by molar-refractivity contribution is 5.22. The molecule has 120 valence electrons. The van der Waals surface area contributed by atoms with Gasteiger partial charge >= 0.3 is 12.4 Å². The molecule has 0 aliphatic heterocycles. The third kappa shape index (κ3) is 5.92. The van der Waals surface area contributed by atoms with Gasteiger partial charge < -0.3 is 10.1 Å². The van der Waals surface area contributed by atoms with E-state index in [1.807, 2.05) is 6.92 Å². The lowest BCUT2D eigenvalue weighted by Crippen LogP contribution is -2.44. The molecule has 1 aromatic rings. The molecule has 0 unspecified atom stereocenters. The number of halogens is 6. The molecular weight excluding hydrogens is 300 g/mol. The quantitative estimate of drug-likeness (QED) is 0.806. The van der Waals surface area contributed by atoms with Crippen molar-refractivity contribution >= 4 is 0 Å². The van der Waals surface area contributed by atoms with Gasteiger partial charge in [-0.2, -0.15) is 26.3 Å². The van der Waals surface area contributed by atoms with Gasteiger partial charge in [-0.1, -0.05) is 31.2 Å². The summed E-state index contributed by atoms with van der Waals surface area (Å²) in [6.07, 6.45) is -14.7. The van der Waals surface area contributed by atoms with Gasteiger partial charge in [-0.05, 0) is 17.7 Å². The zero-order valence-electron chi connectivity index (χ0n) is 11.2. The lowest BCUT2D eigenvalue weighted by atomic mass is 10.1. The molecule has 0 atom stereocenters. The maximum absolute atomic E-state index is 12.3. The standard InChI is InChI=1S/C13H15F6NO/c1-2-20-7-9-4-3-5-10(6-9)8-21-11(12(14,15)16)13(17,18)19/h3-6,11,20H,2,7-8H2,1H3. The first kappa shape index (κ1) is 17.8. The van der Waals surface area contributed by atoms with Gasteiger partial charge in [0.15, 0.2) is 0 Å². The lowest BCUT2D eigenvalue weighted by Gasteiger charge is -2.23. The van der Waals surface area contributed by atoms with Crippen molar-refractivity contribution in [2.75, 3.05) is 6.54 Å². The van der Waals surface area contributed by atoms with Crippen LogP contribution in [-0.4, -0.2) is 25.0 Å². The third-order valence-corrected chi connectivity index (χ3v) is 2.58. The second-order valence-electron chi connectivity index (χ2n) is 4.37. The molecule has 8 heteroatoms. The third-order valence-electron chi connectivity index (χ3n) is 2.58. The van der Waals surface area contributed by atoms with E-state index < -0.39 is 25.1 Å². The van der Waals surface area contributed by atoms with Crippen LogP contribution in [0.15, 0.2) is 24.3 Å². The summed E-state index contributed by atoms with van der Waals surface area (Å²) in [6, 6.07) is 6.20. The molecule has 21 heavy (non-hydrogen) atoms. The molecule has 1 N–H and O–H groups in total. The van der Waals surface area contributed by atoms with E-state index in [9.17, 15) is 26.3 Å². The van der Waals surface area contributed by atoms with Crippen molar-refractivity contribution in [3.63, 3.8) is 0 Å². The summed E-state index contributed by atoms with van der Waals surface area (Å²) < 4.78 is 77.9. The van der Waals surface area contributed by atoms with Crippen molar-refractivity contribution in [3.8, 4) is 0 Å². The number of nitrogens with one attached hydrogen (secondary N) is 1. The van der Waals surface area contributed by atoms with Crippen LogP contribution in [0.2, 0.25) is 0 Å². The molecule has 0 aromatic heterocycles. The average Bonchev–Trinajstić information content (AvgIpc) is 2.33. The van der Waals surface area contributed by atoms with Crippen molar-refractivity contribution in [1.82, 2.24) is 5.32 Å². The van der Waals surface area contributed by atoms with E-state index in [0.717, 1.165) is 5.56 Å². The number of alkyl halides is 6. The zero-order valence-corrected chi connectivity index (χ0v) is 11.2. The first-order valence-electron chi connectivity index (χ1n) is 6.18. The minimum atomic E-state index is -5.49. The summed E-state index contributed by atoms with van der Waals surface area (Å²) in [7, 11) is 0. The van der Waals surface area contributed by atoms with Crippen molar-refractivity contribution in [2.24, 2.45) is 0 Å². The van der Waals surface area contributed by atoms with Crippen LogP contribution in [0.5, 0.6) is 0 Å². The summed E-state index contributed by atoms with van der Waals surface area (Å²) >= 11 is 0. The van der Waals surface area contributed by atoms with Crippen molar-refractivity contribution in [3.05, 3.63) is 35.4 Å². The normalized spacial score (nSPS) is 13.0. The summed E-state index contributed by atoms with van der Waals surface area (Å²) in [5, 5.41) is 3.00. The minimum absolute atomic E-state index is 0.254. The first-order chi connectivity index (χ1) is 9.64. The molecule has 2 nitrogen and oxygen atoms in total. The number of hydrogen-bond acceptors (Lipinski definition) is 2. The first-order valence-corrected chi connectivity index (χ1v) is 6.18.